The third-order valence-corrected chi connectivity index (χ3v) is 5.80. The molecule has 0 amide bonds. The van der Waals surface area contributed by atoms with Gasteiger partial charge in [0, 0.05) is 18.5 Å². The fourth-order valence-corrected chi connectivity index (χ4v) is 4.39. The number of guanidine groups is 1. The Labute approximate surface area is 175 Å². The maximum absolute atomic E-state index is 10.8. The van der Waals surface area contributed by atoms with Crippen LogP contribution in [0.2, 0.25) is 0 Å². The molecule has 1 aliphatic heterocycles. The van der Waals surface area contributed by atoms with Gasteiger partial charge in [-0.05, 0) is 38.7 Å². The number of para-hydroxylation sites is 1. The Hall–Kier alpha value is -3.10. The second-order valence-corrected chi connectivity index (χ2v) is 7.91. The van der Waals surface area contributed by atoms with Gasteiger partial charge in [-0.25, -0.2) is 0 Å². The van der Waals surface area contributed by atoms with Gasteiger partial charge in [-0.2, -0.15) is 5.10 Å². The molecule has 9 nitrogen and oxygen atoms in total. The molecule has 9 heteroatoms. The predicted molar refractivity (Wildman–Crippen MR) is 114 cm³/mol. The van der Waals surface area contributed by atoms with E-state index in [2.05, 4.69) is 32.9 Å². The molecule has 0 radical (unpaired) electrons. The molecule has 1 aromatic carbocycles. The van der Waals surface area contributed by atoms with Crippen LogP contribution in [0.3, 0.4) is 0 Å². The molecule has 1 fully saturated rings. The molecule has 4 rings (SSSR count). The van der Waals surface area contributed by atoms with E-state index in [1.54, 1.807) is 4.68 Å². The van der Waals surface area contributed by atoms with Crippen LogP contribution in [-0.2, 0) is 6.54 Å². The van der Waals surface area contributed by atoms with Crippen LogP contribution >= 0.6 is 0 Å². The average molecular weight is 412 g/mol. The predicted octanol–water partition coefficient (Wildman–Crippen LogP) is 3.18. The lowest BCUT2D eigenvalue weighted by atomic mass is 9.86. The highest BCUT2D eigenvalue weighted by Gasteiger charge is 2.43. The lowest BCUT2D eigenvalue weighted by Crippen LogP contribution is -2.46. The first kappa shape index (κ1) is 20.2. The molecular formula is C21H28N6O3. The van der Waals surface area contributed by atoms with E-state index in [1.807, 2.05) is 19.1 Å². The molecule has 1 unspecified atom stereocenters. The number of fused-ring (bicyclic) bond motifs is 1. The van der Waals surface area contributed by atoms with Crippen molar-refractivity contribution in [3.63, 3.8) is 0 Å². The summed E-state index contributed by atoms with van der Waals surface area (Å²) in [6.45, 7) is 3.71. The van der Waals surface area contributed by atoms with Gasteiger partial charge in [0.25, 0.3) is 0 Å². The van der Waals surface area contributed by atoms with E-state index in [0.29, 0.717) is 13.1 Å². The topological polar surface area (TPSA) is 107 Å². The summed E-state index contributed by atoms with van der Waals surface area (Å²) >= 11 is 0. The van der Waals surface area contributed by atoms with Gasteiger partial charge >= 0.3 is 5.69 Å². The summed E-state index contributed by atoms with van der Waals surface area (Å²) in [4.78, 5) is 15.0. The van der Waals surface area contributed by atoms with Gasteiger partial charge in [-0.3, -0.25) is 19.8 Å². The number of rotatable bonds is 6. The summed E-state index contributed by atoms with van der Waals surface area (Å²) in [5, 5.41) is 21.7. The fourth-order valence-electron chi connectivity index (χ4n) is 4.39. The summed E-state index contributed by atoms with van der Waals surface area (Å²) in [6.07, 6.45) is 8.19. The van der Waals surface area contributed by atoms with Crippen LogP contribution in [0, 0.1) is 10.1 Å². The zero-order chi connectivity index (χ0) is 21.0. The number of nitrogens with zero attached hydrogens (tertiary/aromatic N) is 4. The van der Waals surface area contributed by atoms with E-state index >= 15 is 0 Å². The van der Waals surface area contributed by atoms with Gasteiger partial charge < -0.3 is 15.4 Å². The molecule has 1 aromatic heterocycles. The molecule has 0 saturated heterocycles. The van der Waals surface area contributed by atoms with Crippen molar-refractivity contribution in [2.24, 2.45) is 4.99 Å². The van der Waals surface area contributed by atoms with Gasteiger partial charge in [0.05, 0.1) is 24.1 Å². The van der Waals surface area contributed by atoms with Crippen LogP contribution in [-0.4, -0.2) is 39.4 Å². The van der Waals surface area contributed by atoms with E-state index in [0.717, 1.165) is 43.1 Å². The maximum atomic E-state index is 10.8. The molecular weight excluding hydrogens is 384 g/mol. The van der Waals surface area contributed by atoms with Crippen LogP contribution in [0.15, 0.2) is 41.7 Å². The first-order chi connectivity index (χ1) is 14.6. The maximum Gasteiger partial charge on any atom is 0.306 e. The quantitative estimate of drug-likeness (QED) is 0.327. The molecule has 1 saturated carbocycles. The first-order valence-corrected chi connectivity index (χ1v) is 10.6. The van der Waals surface area contributed by atoms with Crippen molar-refractivity contribution >= 4 is 11.6 Å². The Balaban J connectivity index is 1.47. The number of nitrogens with one attached hydrogen (secondary N) is 2. The smallest absolute Gasteiger partial charge is 0.306 e. The van der Waals surface area contributed by atoms with Gasteiger partial charge in [-0.15, -0.1) is 0 Å². The number of aromatic nitrogens is 2. The first-order valence-electron chi connectivity index (χ1n) is 10.6. The molecule has 30 heavy (non-hydrogen) atoms. The molecule has 2 N–H and O–H groups in total. The summed E-state index contributed by atoms with van der Waals surface area (Å²) in [5.74, 6) is 1.69. The fraction of sp³-hybridized carbons (Fsp3) is 0.524. The van der Waals surface area contributed by atoms with Crippen molar-refractivity contribution in [3.8, 4) is 5.75 Å². The minimum atomic E-state index is -0.445. The largest absolute Gasteiger partial charge is 0.487 e. The van der Waals surface area contributed by atoms with Crippen LogP contribution in [0.4, 0.5) is 5.69 Å². The lowest BCUT2D eigenvalue weighted by molar-refractivity contribution is -0.385. The number of aliphatic imine (C=N–C) groups is 1. The minimum absolute atomic E-state index is 0.00955. The second kappa shape index (κ2) is 8.73. The van der Waals surface area contributed by atoms with Gasteiger partial charge in [0.15, 0.2) is 5.96 Å². The van der Waals surface area contributed by atoms with Crippen molar-refractivity contribution in [1.82, 2.24) is 20.4 Å². The van der Waals surface area contributed by atoms with E-state index in [4.69, 9.17) is 4.74 Å². The Kier molecular flexibility index (Phi) is 5.87. The van der Waals surface area contributed by atoms with Gasteiger partial charge in [0.2, 0.25) is 0 Å². The molecule has 1 aliphatic carbocycles. The number of benzene rings is 1. The van der Waals surface area contributed by atoms with E-state index in [9.17, 15) is 10.1 Å². The summed E-state index contributed by atoms with van der Waals surface area (Å²) in [6, 6.07) is 8.35. The number of ether oxygens (including phenoxy) is 1. The van der Waals surface area contributed by atoms with E-state index < -0.39 is 4.92 Å². The molecule has 1 atom stereocenters. The minimum Gasteiger partial charge on any atom is -0.487 e. The Bertz CT molecular complexity index is 919. The van der Waals surface area contributed by atoms with Crippen LogP contribution < -0.4 is 15.4 Å². The SMILES string of the molecule is CCNC(=NCCn1cc([N+](=O)[O-])cn1)NC1CC2(CCCC2)Oc2ccccc21. The van der Waals surface area contributed by atoms with Gasteiger partial charge in [0.1, 0.15) is 23.7 Å². The highest BCUT2D eigenvalue weighted by atomic mass is 16.6. The molecule has 0 bridgehead atoms. The molecule has 2 heterocycles. The van der Waals surface area contributed by atoms with Crippen LogP contribution in [0.1, 0.15) is 50.6 Å². The zero-order valence-electron chi connectivity index (χ0n) is 17.2. The normalized spacial score (nSPS) is 19.9. The molecule has 160 valence electrons. The lowest BCUT2D eigenvalue weighted by Gasteiger charge is -2.40. The number of hydrogen-bond acceptors (Lipinski definition) is 5. The summed E-state index contributed by atoms with van der Waals surface area (Å²) < 4.78 is 7.99. The van der Waals surface area contributed by atoms with Crippen molar-refractivity contribution in [2.75, 3.05) is 13.1 Å². The van der Waals surface area contributed by atoms with Crippen LogP contribution in [0.25, 0.3) is 0 Å². The second-order valence-electron chi connectivity index (χ2n) is 7.91. The van der Waals surface area contributed by atoms with E-state index in [1.165, 1.54) is 25.2 Å². The average Bonchev–Trinajstić information content (AvgIpc) is 3.38. The van der Waals surface area contributed by atoms with Crippen molar-refractivity contribution in [3.05, 3.63) is 52.3 Å². The monoisotopic (exact) mass is 412 g/mol. The van der Waals surface area contributed by atoms with Crippen molar-refractivity contribution < 1.29 is 9.66 Å². The molecule has 1 spiro atoms. The Morgan fingerprint density at radius 1 is 1.40 bits per heavy atom. The van der Waals surface area contributed by atoms with E-state index in [-0.39, 0.29) is 17.3 Å². The standard InChI is InChI=1S/C21H28N6O3/c1-2-22-20(23-11-12-26-15-16(14-24-26)27(28)29)25-18-13-21(9-5-6-10-21)30-19-8-4-3-7-17(18)19/h3-4,7-8,14-15,18H,2,5-6,9-13H2,1H3,(H2,22,23,25). The molecule has 2 aliphatic rings. The van der Waals surface area contributed by atoms with Crippen LogP contribution in [0.5, 0.6) is 5.75 Å². The third kappa shape index (κ3) is 4.39. The number of nitro groups is 1. The van der Waals surface area contributed by atoms with Crippen molar-refractivity contribution in [1.29, 1.82) is 0 Å². The Morgan fingerprint density at radius 2 is 2.20 bits per heavy atom. The van der Waals surface area contributed by atoms with Gasteiger partial charge in [-0.1, -0.05) is 18.2 Å². The van der Waals surface area contributed by atoms with Crippen molar-refractivity contribution in [2.45, 2.75) is 57.2 Å². The summed E-state index contributed by atoms with van der Waals surface area (Å²) in [7, 11) is 0. The number of hydrogen-bond donors (Lipinski definition) is 2. The Morgan fingerprint density at radius 3 is 2.93 bits per heavy atom. The molecule has 2 aromatic rings. The highest BCUT2D eigenvalue weighted by Crippen LogP contribution is 2.46. The third-order valence-electron chi connectivity index (χ3n) is 5.80. The zero-order valence-corrected chi connectivity index (χ0v) is 17.2. The highest BCUT2D eigenvalue weighted by molar-refractivity contribution is 5.80. The summed E-state index contributed by atoms with van der Waals surface area (Å²) in [5.41, 5.74) is 1.06.